The summed E-state index contributed by atoms with van der Waals surface area (Å²) in [5.41, 5.74) is 1.68. The van der Waals surface area contributed by atoms with Crippen LogP contribution in [0.2, 0.25) is 0 Å². The van der Waals surface area contributed by atoms with Gasteiger partial charge < -0.3 is 34.9 Å². The van der Waals surface area contributed by atoms with Crippen LogP contribution in [0, 0.1) is 0 Å². The van der Waals surface area contributed by atoms with Crippen molar-refractivity contribution in [3.63, 3.8) is 0 Å². The van der Waals surface area contributed by atoms with Crippen LogP contribution in [0.15, 0.2) is 48.5 Å². The van der Waals surface area contributed by atoms with E-state index in [0.717, 1.165) is 11.1 Å². The number of hydrogen-bond acceptors (Lipinski definition) is 7. The van der Waals surface area contributed by atoms with Crippen LogP contribution in [-0.2, 0) is 22.7 Å². The second kappa shape index (κ2) is 11.4. The summed E-state index contributed by atoms with van der Waals surface area (Å²) in [6.45, 7) is 1.20. The van der Waals surface area contributed by atoms with Gasteiger partial charge in [-0.05, 0) is 17.7 Å². The van der Waals surface area contributed by atoms with Gasteiger partial charge in [0.05, 0.1) is 26.9 Å². The second-order valence-electron chi connectivity index (χ2n) is 7.32. The molecule has 1 aliphatic heterocycles. The maximum atomic E-state index is 12.9. The number of nitrogens with zero attached hydrogens (tertiary/aromatic N) is 1. The molecule has 2 aromatic rings. The van der Waals surface area contributed by atoms with Gasteiger partial charge in [-0.2, -0.15) is 0 Å². The predicted octanol–water partition coefficient (Wildman–Crippen LogP) is 1.29. The van der Waals surface area contributed by atoms with Crippen molar-refractivity contribution in [1.82, 2.24) is 15.5 Å². The van der Waals surface area contributed by atoms with Crippen LogP contribution in [0.4, 0.5) is 4.79 Å². The van der Waals surface area contributed by atoms with Crippen molar-refractivity contribution in [2.24, 2.45) is 0 Å². The first-order valence-corrected chi connectivity index (χ1v) is 10.4. The van der Waals surface area contributed by atoms with E-state index in [2.05, 4.69) is 10.6 Å². The monoisotopic (exact) mass is 443 g/mol. The molecule has 0 aromatic heterocycles. The number of carbonyl (C=O) groups is 2. The molecule has 9 heteroatoms. The predicted molar refractivity (Wildman–Crippen MR) is 117 cm³/mol. The van der Waals surface area contributed by atoms with E-state index in [-0.39, 0.29) is 25.2 Å². The number of hydrogen-bond donors (Lipinski definition) is 3. The third kappa shape index (κ3) is 5.68. The number of amides is 2. The lowest BCUT2D eigenvalue weighted by molar-refractivity contribution is -0.151. The SMILES string of the molecule is COc1ccc(CN2C(=O)[C@@H](NC(=O)OCc3ccccc3)[C@H]2CNCCO)c(OC)c1. The van der Waals surface area contributed by atoms with Crippen molar-refractivity contribution in [3.8, 4) is 11.5 Å². The zero-order valence-electron chi connectivity index (χ0n) is 18.2. The number of alkyl carbamates (subject to hydrolysis) is 1. The maximum Gasteiger partial charge on any atom is 0.408 e. The Bertz CT molecular complexity index is 908. The van der Waals surface area contributed by atoms with E-state index in [1.165, 1.54) is 0 Å². The van der Waals surface area contributed by atoms with Crippen molar-refractivity contribution in [2.75, 3.05) is 33.9 Å². The molecule has 2 aromatic carbocycles. The van der Waals surface area contributed by atoms with E-state index in [9.17, 15) is 9.59 Å². The first-order valence-electron chi connectivity index (χ1n) is 10.4. The van der Waals surface area contributed by atoms with Crippen molar-refractivity contribution in [3.05, 3.63) is 59.7 Å². The van der Waals surface area contributed by atoms with Crippen molar-refractivity contribution < 1.29 is 28.9 Å². The summed E-state index contributed by atoms with van der Waals surface area (Å²) in [7, 11) is 3.13. The molecular formula is C23H29N3O6. The van der Waals surface area contributed by atoms with Gasteiger partial charge in [-0.25, -0.2) is 4.79 Å². The van der Waals surface area contributed by atoms with E-state index >= 15 is 0 Å². The van der Waals surface area contributed by atoms with E-state index < -0.39 is 12.1 Å². The largest absolute Gasteiger partial charge is 0.497 e. The lowest BCUT2D eigenvalue weighted by Crippen LogP contribution is -2.72. The molecule has 9 nitrogen and oxygen atoms in total. The molecule has 0 aliphatic carbocycles. The summed E-state index contributed by atoms with van der Waals surface area (Å²) in [5.74, 6) is 1.05. The topological polar surface area (TPSA) is 109 Å². The van der Waals surface area contributed by atoms with E-state index in [1.807, 2.05) is 36.4 Å². The number of methoxy groups -OCH3 is 2. The number of aliphatic hydroxyl groups is 1. The fourth-order valence-electron chi connectivity index (χ4n) is 3.57. The molecule has 3 N–H and O–H groups in total. The average Bonchev–Trinajstić information content (AvgIpc) is 2.83. The average molecular weight is 444 g/mol. The Labute approximate surface area is 187 Å². The molecule has 3 rings (SSSR count). The van der Waals surface area contributed by atoms with Gasteiger partial charge in [0.15, 0.2) is 0 Å². The number of likely N-dealkylation sites (tertiary alicyclic amines) is 1. The minimum atomic E-state index is -0.714. The highest BCUT2D eigenvalue weighted by molar-refractivity contribution is 5.92. The third-order valence-electron chi connectivity index (χ3n) is 5.30. The van der Waals surface area contributed by atoms with Gasteiger partial charge in [0.25, 0.3) is 0 Å². The lowest BCUT2D eigenvalue weighted by atomic mass is 9.93. The lowest BCUT2D eigenvalue weighted by Gasteiger charge is -2.47. The van der Waals surface area contributed by atoms with Gasteiger partial charge in [0, 0.05) is 31.3 Å². The first kappa shape index (κ1) is 23.4. The van der Waals surface area contributed by atoms with Crippen LogP contribution in [-0.4, -0.2) is 68.0 Å². The molecule has 1 saturated heterocycles. The summed E-state index contributed by atoms with van der Waals surface area (Å²) in [4.78, 5) is 26.8. The molecule has 0 saturated carbocycles. The molecule has 0 bridgehead atoms. The normalized spacial score (nSPS) is 17.5. The molecule has 0 radical (unpaired) electrons. The van der Waals surface area contributed by atoms with Gasteiger partial charge in [-0.1, -0.05) is 30.3 Å². The highest BCUT2D eigenvalue weighted by Crippen LogP contribution is 2.30. The highest BCUT2D eigenvalue weighted by atomic mass is 16.5. The van der Waals surface area contributed by atoms with Crippen molar-refractivity contribution in [1.29, 1.82) is 0 Å². The van der Waals surface area contributed by atoms with Crippen LogP contribution in [0.25, 0.3) is 0 Å². The fraction of sp³-hybridized carbons (Fsp3) is 0.391. The molecule has 2 atom stereocenters. The minimum absolute atomic E-state index is 0.0236. The van der Waals surface area contributed by atoms with Gasteiger partial charge in [0.1, 0.15) is 24.1 Å². The Kier molecular flexibility index (Phi) is 8.29. The minimum Gasteiger partial charge on any atom is -0.497 e. The van der Waals surface area contributed by atoms with Crippen LogP contribution >= 0.6 is 0 Å². The van der Waals surface area contributed by atoms with Crippen LogP contribution < -0.4 is 20.1 Å². The molecule has 0 spiro atoms. The fourth-order valence-corrected chi connectivity index (χ4v) is 3.57. The molecule has 2 amide bonds. The number of ether oxygens (including phenoxy) is 3. The zero-order chi connectivity index (χ0) is 22.9. The van der Waals surface area contributed by atoms with Gasteiger partial charge in [0.2, 0.25) is 5.91 Å². The van der Waals surface area contributed by atoms with E-state index in [4.69, 9.17) is 19.3 Å². The Morgan fingerprint density at radius 1 is 1.12 bits per heavy atom. The quantitative estimate of drug-likeness (QED) is 0.355. The highest BCUT2D eigenvalue weighted by Gasteiger charge is 2.48. The van der Waals surface area contributed by atoms with Crippen LogP contribution in [0.5, 0.6) is 11.5 Å². The summed E-state index contributed by atoms with van der Waals surface area (Å²) in [6, 6.07) is 13.7. The first-order chi connectivity index (χ1) is 15.6. The maximum absolute atomic E-state index is 12.9. The number of β-lactam (4-membered cyclic amide) rings is 1. The smallest absolute Gasteiger partial charge is 0.408 e. The molecule has 1 aliphatic rings. The molecule has 1 fully saturated rings. The summed E-state index contributed by atoms with van der Waals surface area (Å²) in [5, 5.41) is 14.8. The zero-order valence-corrected chi connectivity index (χ0v) is 18.2. The molecule has 1 heterocycles. The summed E-state index contributed by atoms with van der Waals surface area (Å²) in [6.07, 6.45) is -0.652. The molecule has 32 heavy (non-hydrogen) atoms. The van der Waals surface area contributed by atoms with Crippen LogP contribution in [0.1, 0.15) is 11.1 Å². The Balaban J connectivity index is 1.64. The second-order valence-corrected chi connectivity index (χ2v) is 7.32. The number of aliphatic hydroxyl groups excluding tert-OH is 1. The van der Waals surface area contributed by atoms with Crippen LogP contribution in [0.3, 0.4) is 0 Å². The van der Waals surface area contributed by atoms with Crippen molar-refractivity contribution in [2.45, 2.75) is 25.2 Å². The summed E-state index contributed by atoms with van der Waals surface area (Å²) >= 11 is 0. The number of benzene rings is 2. The molecule has 0 unspecified atom stereocenters. The van der Waals surface area contributed by atoms with Crippen molar-refractivity contribution >= 4 is 12.0 Å². The third-order valence-corrected chi connectivity index (χ3v) is 5.30. The molecular weight excluding hydrogens is 414 g/mol. The van der Waals surface area contributed by atoms with Gasteiger partial charge in [-0.15, -0.1) is 0 Å². The van der Waals surface area contributed by atoms with Gasteiger partial charge in [-0.3, -0.25) is 4.79 Å². The molecule has 172 valence electrons. The van der Waals surface area contributed by atoms with E-state index in [1.54, 1.807) is 31.3 Å². The number of rotatable bonds is 11. The van der Waals surface area contributed by atoms with E-state index in [0.29, 0.717) is 31.1 Å². The Morgan fingerprint density at radius 2 is 1.91 bits per heavy atom. The number of carbonyl (C=O) groups excluding carboxylic acids is 2. The Hall–Kier alpha value is -3.30. The van der Waals surface area contributed by atoms with Gasteiger partial charge >= 0.3 is 6.09 Å². The number of nitrogens with one attached hydrogen (secondary N) is 2. The standard InChI is InChI=1S/C23H29N3O6/c1-30-18-9-8-17(20(12-18)31-2)14-26-19(13-24-10-11-27)21(22(26)28)25-23(29)32-15-16-6-4-3-5-7-16/h3-9,12,19,21,24,27H,10-11,13-15H2,1-2H3,(H,25,29)/t19-,21+/m1/s1. The summed E-state index contributed by atoms with van der Waals surface area (Å²) < 4.78 is 15.9. The Morgan fingerprint density at radius 3 is 2.59 bits per heavy atom.